The van der Waals surface area contributed by atoms with Crippen LogP contribution in [0, 0.1) is 5.82 Å². The Bertz CT molecular complexity index is 1630. The maximum atomic E-state index is 13.3. The normalized spacial score (nSPS) is 10.1. The molecule has 210 valence electrons. The first-order valence-corrected chi connectivity index (χ1v) is 12.0. The minimum absolute atomic E-state index is 0.194. The second kappa shape index (κ2) is 14.1. The number of nitrogens with one attached hydrogen (secondary N) is 2. The summed E-state index contributed by atoms with van der Waals surface area (Å²) >= 11 is 6.38. The van der Waals surface area contributed by atoms with Gasteiger partial charge in [0.1, 0.15) is 36.7 Å². The summed E-state index contributed by atoms with van der Waals surface area (Å²) in [5.74, 6) is -4.04. The molecule has 3 aromatic carbocycles. The SMILES string of the molecule is C=CC(=O)Nc1ccc2ncnc(Nc3ccc(OCc4cccc(F)c4)c(Cl)c3)c2c1.O=C(O)CC(=O)C(=O)O. The second-order valence-corrected chi connectivity index (χ2v) is 8.54. The lowest BCUT2D eigenvalue weighted by molar-refractivity contribution is -0.152. The zero-order valence-electron chi connectivity index (χ0n) is 21.1. The summed E-state index contributed by atoms with van der Waals surface area (Å²) in [6.45, 7) is 3.65. The molecule has 0 bridgehead atoms. The fraction of sp³-hybridized carbons (Fsp3) is 0.0714. The first-order valence-electron chi connectivity index (χ1n) is 11.7. The van der Waals surface area contributed by atoms with Gasteiger partial charge in [0.2, 0.25) is 5.91 Å². The maximum absolute atomic E-state index is 13.3. The number of ketones is 1. The van der Waals surface area contributed by atoms with Crippen molar-refractivity contribution in [2.45, 2.75) is 13.0 Å². The highest BCUT2D eigenvalue weighted by atomic mass is 35.5. The molecule has 0 saturated carbocycles. The fourth-order valence-electron chi connectivity index (χ4n) is 3.26. The summed E-state index contributed by atoms with van der Waals surface area (Å²) < 4.78 is 19.0. The van der Waals surface area contributed by atoms with Crippen LogP contribution in [0.15, 0.2) is 79.6 Å². The summed E-state index contributed by atoms with van der Waals surface area (Å²) in [6, 6.07) is 16.7. The van der Waals surface area contributed by atoms with E-state index in [0.29, 0.717) is 39.0 Å². The van der Waals surface area contributed by atoms with Gasteiger partial charge in [-0.05, 0) is 60.2 Å². The first kappa shape index (κ1) is 30.2. The van der Waals surface area contributed by atoms with Crippen LogP contribution in [0.3, 0.4) is 0 Å². The number of aromatic nitrogens is 2. The van der Waals surface area contributed by atoms with Gasteiger partial charge in [-0.3, -0.25) is 14.4 Å². The summed E-state index contributed by atoms with van der Waals surface area (Å²) in [5, 5.41) is 22.7. The van der Waals surface area contributed by atoms with Crippen LogP contribution in [0.1, 0.15) is 12.0 Å². The number of amides is 1. The molecule has 0 radical (unpaired) electrons. The van der Waals surface area contributed by atoms with Crippen LogP contribution in [0.5, 0.6) is 5.75 Å². The minimum Gasteiger partial charge on any atom is -0.487 e. The quantitative estimate of drug-likeness (QED) is 0.114. The Morgan fingerprint density at radius 3 is 2.39 bits per heavy atom. The van der Waals surface area contributed by atoms with Crippen molar-refractivity contribution in [3.05, 3.63) is 96.0 Å². The highest BCUT2D eigenvalue weighted by molar-refractivity contribution is 6.35. The monoisotopic (exact) mass is 580 g/mol. The lowest BCUT2D eigenvalue weighted by atomic mass is 10.2. The summed E-state index contributed by atoms with van der Waals surface area (Å²) in [4.78, 5) is 49.4. The number of anilines is 3. The number of hydrogen-bond acceptors (Lipinski definition) is 8. The number of aliphatic carboxylic acids is 2. The van der Waals surface area contributed by atoms with Gasteiger partial charge in [0.15, 0.2) is 0 Å². The van der Waals surface area contributed by atoms with Crippen LogP contribution in [0.2, 0.25) is 5.02 Å². The van der Waals surface area contributed by atoms with E-state index in [1.54, 1.807) is 48.5 Å². The Balaban J connectivity index is 0.000000445. The van der Waals surface area contributed by atoms with E-state index in [4.69, 9.17) is 26.6 Å². The van der Waals surface area contributed by atoms with Gasteiger partial charge in [-0.1, -0.05) is 30.3 Å². The highest BCUT2D eigenvalue weighted by Crippen LogP contribution is 2.31. The van der Waals surface area contributed by atoms with E-state index in [1.807, 2.05) is 0 Å². The number of hydrogen-bond donors (Lipinski definition) is 4. The molecule has 0 spiro atoms. The molecule has 0 aliphatic heterocycles. The Kier molecular flexibility index (Phi) is 10.4. The van der Waals surface area contributed by atoms with Gasteiger partial charge in [-0.2, -0.15) is 0 Å². The molecule has 0 aliphatic carbocycles. The molecular weight excluding hydrogens is 559 g/mol. The zero-order valence-corrected chi connectivity index (χ0v) is 21.9. The molecule has 1 heterocycles. The summed E-state index contributed by atoms with van der Waals surface area (Å²) in [7, 11) is 0. The predicted molar refractivity (Wildman–Crippen MR) is 149 cm³/mol. The van der Waals surface area contributed by atoms with E-state index in [0.717, 1.165) is 5.39 Å². The van der Waals surface area contributed by atoms with Crippen molar-refractivity contribution in [1.82, 2.24) is 9.97 Å². The molecule has 4 rings (SSSR count). The van der Waals surface area contributed by atoms with E-state index < -0.39 is 24.1 Å². The van der Waals surface area contributed by atoms with E-state index in [9.17, 15) is 23.6 Å². The number of fused-ring (bicyclic) bond motifs is 1. The topological polar surface area (TPSA) is 168 Å². The molecule has 41 heavy (non-hydrogen) atoms. The van der Waals surface area contributed by atoms with Crippen molar-refractivity contribution in [1.29, 1.82) is 0 Å². The third-order valence-corrected chi connectivity index (χ3v) is 5.41. The van der Waals surface area contributed by atoms with E-state index >= 15 is 0 Å². The molecule has 0 aliphatic rings. The zero-order chi connectivity index (χ0) is 29.9. The van der Waals surface area contributed by atoms with Crippen molar-refractivity contribution in [2.75, 3.05) is 10.6 Å². The highest BCUT2D eigenvalue weighted by Gasteiger charge is 2.14. The molecule has 0 saturated heterocycles. The van der Waals surface area contributed by atoms with Gasteiger partial charge in [-0.15, -0.1) is 0 Å². The Morgan fingerprint density at radius 1 is 1.00 bits per heavy atom. The van der Waals surface area contributed by atoms with Crippen molar-refractivity contribution < 1.29 is 38.5 Å². The molecule has 1 aromatic heterocycles. The van der Waals surface area contributed by atoms with Gasteiger partial charge < -0.3 is 25.6 Å². The third kappa shape index (κ3) is 9.11. The van der Waals surface area contributed by atoms with Crippen LogP contribution >= 0.6 is 11.6 Å². The lowest BCUT2D eigenvalue weighted by Crippen LogP contribution is -2.16. The molecule has 1 amide bonds. The van der Waals surface area contributed by atoms with Gasteiger partial charge in [0, 0.05) is 16.8 Å². The van der Waals surface area contributed by atoms with Crippen LogP contribution in [-0.2, 0) is 25.8 Å². The van der Waals surface area contributed by atoms with Crippen molar-refractivity contribution in [3.8, 4) is 5.75 Å². The fourth-order valence-corrected chi connectivity index (χ4v) is 3.50. The number of halogens is 2. The number of carbonyl (C=O) groups excluding carboxylic acids is 2. The first-order chi connectivity index (χ1) is 19.5. The summed E-state index contributed by atoms with van der Waals surface area (Å²) in [5.41, 5.74) is 2.70. The Labute approximate surface area is 237 Å². The standard InChI is InChI=1S/C24H18ClFN4O2.C4H4O5/c1-2-23(31)29-17-6-8-21-19(11-17)24(28-14-27-21)30-18-7-9-22(20(25)12-18)32-13-15-4-3-5-16(26)10-15;5-2(4(8)9)1-3(6)7/h2-12,14H,1,13H2,(H,29,31)(H,27,28,30);1H2,(H,6,7)(H,8,9). The van der Waals surface area contributed by atoms with Crippen LogP contribution in [0.4, 0.5) is 21.6 Å². The van der Waals surface area contributed by atoms with Crippen LogP contribution in [-0.4, -0.2) is 43.8 Å². The number of Topliss-reactive ketones (excluding diaryl/α,β-unsaturated/α-hetero) is 1. The van der Waals surface area contributed by atoms with E-state index in [-0.39, 0.29) is 18.3 Å². The molecule has 4 N–H and O–H groups in total. The Morgan fingerprint density at radius 2 is 1.76 bits per heavy atom. The number of rotatable bonds is 10. The largest absolute Gasteiger partial charge is 0.487 e. The van der Waals surface area contributed by atoms with Gasteiger partial charge in [0.25, 0.3) is 5.78 Å². The van der Waals surface area contributed by atoms with E-state index in [1.165, 1.54) is 24.5 Å². The van der Waals surface area contributed by atoms with Gasteiger partial charge in [-0.25, -0.2) is 19.2 Å². The van der Waals surface area contributed by atoms with E-state index in [2.05, 4.69) is 27.2 Å². The number of benzene rings is 3. The number of nitrogens with zero attached hydrogens (tertiary/aromatic N) is 2. The van der Waals surface area contributed by atoms with Crippen molar-refractivity contribution >= 4 is 63.3 Å². The smallest absolute Gasteiger partial charge is 0.372 e. The van der Waals surface area contributed by atoms with Crippen molar-refractivity contribution in [2.24, 2.45) is 0 Å². The molecule has 4 aromatic rings. The van der Waals surface area contributed by atoms with Crippen LogP contribution < -0.4 is 15.4 Å². The molecule has 11 nitrogen and oxygen atoms in total. The number of carboxylic acid groups (broad SMARTS) is 2. The average Bonchev–Trinajstić information content (AvgIpc) is 2.93. The third-order valence-electron chi connectivity index (χ3n) is 5.12. The lowest BCUT2D eigenvalue weighted by Gasteiger charge is -2.12. The summed E-state index contributed by atoms with van der Waals surface area (Å²) in [6.07, 6.45) is 1.70. The average molecular weight is 581 g/mol. The second-order valence-electron chi connectivity index (χ2n) is 8.14. The van der Waals surface area contributed by atoms with Gasteiger partial charge >= 0.3 is 11.9 Å². The number of ether oxygens (including phenoxy) is 1. The molecule has 0 atom stereocenters. The predicted octanol–water partition coefficient (Wildman–Crippen LogP) is 4.98. The molecule has 0 unspecified atom stereocenters. The Hall–Kier alpha value is -5.36. The molecule has 13 heteroatoms. The number of carbonyl (C=O) groups is 4. The molecule has 0 fully saturated rings. The minimum atomic E-state index is -1.71. The number of carboxylic acids is 2. The maximum Gasteiger partial charge on any atom is 0.372 e. The van der Waals surface area contributed by atoms with Gasteiger partial charge in [0.05, 0.1) is 10.5 Å². The molecular formula is C28H22ClFN4O7. The van der Waals surface area contributed by atoms with Crippen molar-refractivity contribution in [3.63, 3.8) is 0 Å². The van der Waals surface area contributed by atoms with Crippen LogP contribution in [0.25, 0.3) is 10.9 Å².